The Morgan fingerprint density at radius 3 is 2.59 bits per heavy atom. The molecule has 1 amide bonds. The molecule has 0 saturated heterocycles. The highest BCUT2D eigenvalue weighted by Crippen LogP contribution is 2.23. The molecule has 34 heavy (non-hydrogen) atoms. The van der Waals surface area contributed by atoms with E-state index >= 15 is 0 Å². The standard InChI is InChI=1S/C19H14ClF3N6O5/c20-13-2-1-3-14(8-13)26-33-25-10-15-16(28-34-27-15)29(32-18(31)19(21,22)23)17(30)12-6-4-11(9-24)5-7-12/h1-8,10,26H,9,24H2/b25-10-. The molecule has 0 aliphatic rings. The Morgan fingerprint density at radius 1 is 1.21 bits per heavy atom. The molecule has 0 aliphatic heterocycles. The van der Waals surface area contributed by atoms with Gasteiger partial charge in [0, 0.05) is 17.1 Å². The van der Waals surface area contributed by atoms with Gasteiger partial charge in [-0.05, 0) is 46.2 Å². The predicted molar refractivity (Wildman–Crippen MR) is 111 cm³/mol. The Labute approximate surface area is 193 Å². The summed E-state index contributed by atoms with van der Waals surface area (Å²) in [5.74, 6) is -4.55. The van der Waals surface area contributed by atoms with E-state index in [0.717, 1.165) is 6.21 Å². The van der Waals surface area contributed by atoms with Crippen LogP contribution in [0, 0.1) is 0 Å². The number of nitrogens with zero attached hydrogens (tertiary/aromatic N) is 4. The average Bonchev–Trinajstić information content (AvgIpc) is 3.27. The first-order chi connectivity index (χ1) is 16.2. The topological polar surface area (TPSA) is 145 Å². The van der Waals surface area contributed by atoms with E-state index in [4.69, 9.17) is 22.3 Å². The van der Waals surface area contributed by atoms with E-state index in [-0.39, 0.29) is 17.2 Å². The summed E-state index contributed by atoms with van der Waals surface area (Å²) < 4.78 is 42.9. The lowest BCUT2D eigenvalue weighted by Gasteiger charge is -2.19. The summed E-state index contributed by atoms with van der Waals surface area (Å²) in [6, 6.07) is 11.9. The smallest absolute Gasteiger partial charge is 0.326 e. The summed E-state index contributed by atoms with van der Waals surface area (Å²) in [5.41, 5.74) is 8.46. The van der Waals surface area contributed by atoms with Crippen LogP contribution in [-0.2, 0) is 21.1 Å². The predicted octanol–water partition coefficient (Wildman–Crippen LogP) is 3.23. The van der Waals surface area contributed by atoms with E-state index in [1.807, 2.05) is 0 Å². The molecule has 3 N–H and O–H groups in total. The van der Waals surface area contributed by atoms with Crippen molar-refractivity contribution in [3.05, 3.63) is 70.4 Å². The number of nitrogens with one attached hydrogen (secondary N) is 1. The van der Waals surface area contributed by atoms with Crippen LogP contribution in [0.5, 0.6) is 0 Å². The van der Waals surface area contributed by atoms with Gasteiger partial charge in [0.1, 0.15) is 6.21 Å². The van der Waals surface area contributed by atoms with Gasteiger partial charge in [0.15, 0.2) is 5.69 Å². The highest BCUT2D eigenvalue weighted by atomic mass is 35.5. The number of rotatable bonds is 7. The fraction of sp³-hybridized carbons (Fsp3) is 0.105. The number of benzene rings is 2. The molecule has 11 nitrogen and oxygen atoms in total. The van der Waals surface area contributed by atoms with Crippen molar-refractivity contribution in [2.75, 3.05) is 10.5 Å². The lowest BCUT2D eigenvalue weighted by atomic mass is 10.1. The van der Waals surface area contributed by atoms with Crippen LogP contribution >= 0.6 is 11.6 Å². The molecule has 3 rings (SSSR count). The van der Waals surface area contributed by atoms with Crippen molar-refractivity contribution in [1.29, 1.82) is 0 Å². The Hall–Kier alpha value is -4.17. The number of alkyl halides is 3. The van der Waals surface area contributed by atoms with Crippen LogP contribution in [0.3, 0.4) is 0 Å². The molecule has 2 aromatic carbocycles. The Morgan fingerprint density at radius 2 is 1.94 bits per heavy atom. The monoisotopic (exact) mass is 498 g/mol. The van der Waals surface area contributed by atoms with E-state index in [2.05, 4.69) is 30.4 Å². The zero-order valence-electron chi connectivity index (χ0n) is 16.8. The van der Waals surface area contributed by atoms with Gasteiger partial charge in [-0.3, -0.25) is 9.73 Å². The molecular formula is C19H14ClF3N6O5. The van der Waals surface area contributed by atoms with Crippen LogP contribution in [-0.4, -0.2) is 34.6 Å². The lowest BCUT2D eigenvalue weighted by Crippen LogP contribution is -2.39. The Kier molecular flexibility index (Phi) is 7.65. The minimum Gasteiger partial charge on any atom is -0.326 e. The summed E-state index contributed by atoms with van der Waals surface area (Å²) in [6.07, 6.45) is -4.56. The van der Waals surface area contributed by atoms with Gasteiger partial charge in [0.2, 0.25) is 5.82 Å². The Bertz CT molecular complexity index is 1190. The number of hydrogen-bond donors (Lipinski definition) is 2. The van der Waals surface area contributed by atoms with Crippen molar-refractivity contribution >= 4 is 41.2 Å². The number of aromatic nitrogens is 2. The van der Waals surface area contributed by atoms with Crippen LogP contribution in [0.2, 0.25) is 5.02 Å². The van der Waals surface area contributed by atoms with Gasteiger partial charge in [-0.15, -0.1) is 5.06 Å². The summed E-state index contributed by atoms with van der Waals surface area (Å²) in [7, 11) is 0. The molecule has 3 aromatic rings. The molecule has 0 aliphatic carbocycles. The molecule has 0 unspecified atom stereocenters. The summed E-state index contributed by atoms with van der Waals surface area (Å²) in [6.45, 7) is 0.165. The first-order valence-electron chi connectivity index (χ1n) is 9.15. The molecule has 0 bridgehead atoms. The number of oxime groups is 1. The molecule has 178 valence electrons. The molecule has 1 heterocycles. The number of hydrogen-bond acceptors (Lipinski definition) is 10. The highest BCUT2D eigenvalue weighted by Gasteiger charge is 2.44. The number of amides is 1. The van der Waals surface area contributed by atoms with Crippen molar-refractivity contribution < 1.29 is 37.2 Å². The second-order valence-corrected chi connectivity index (χ2v) is 6.72. The van der Waals surface area contributed by atoms with E-state index in [1.165, 1.54) is 30.3 Å². The minimum atomic E-state index is -5.41. The van der Waals surface area contributed by atoms with Crippen molar-refractivity contribution in [3.63, 3.8) is 0 Å². The second kappa shape index (κ2) is 10.6. The van der Waals surface area contributed by atoms with E-state index in [1.54, 1.807) is 18.2 Å². The number of hydroxylamine groups is 1. The number of halogens is 4. The fourth-order valence-electron chi connectivity index (χ4n) is 2.34. The van der Waals surface area contributed by atoms with Crippen molar-refractivity contribution in [1.82, 2.24) is 10.3 Å². The van der Waals surface area contributed by atoms with Crippen LogP contribution in [0.15, 0.2) is 58.3 Å². The molecule has 0 spiro atoms. The first-order valence-corrected chi connectivity index (χ1v) is 9.53. The average molecular weight is 499 g/mol. The zero-order chi connectivity index (χ0) is 24.7. The van der Waals surface area contributed by atoms with Gasteiger partial charge < -0.3 is 10.6 Å². The van der Waals surface area contributed by atoms with Gasteiger partial charge in [-0.25, -0.2) is 9.42 Å². The molecule has 0 fully saturated rings. The van der Waals surface area contributed by atoms with Gasteiger partial charge >= 0.3 is 12.1 Å². The van der Waals surface area contributed by atoms with Gasteiger partial charge in [0.05, 0.1) is 5.69 Å². The van der Waals surface area contributed by atoms with E-state index < -0.39 is 29.6 Å². The Balaban J connectivity index is 1.83. The fourth-order valence-corrected chi connectivity index (χ4v) is 2.53. The largest absolute Gasteiger partial charge is 0.493 e. The van der Waals surface area contributed by atoms with Crippen LogP contribution in [0.25, 0.3) is 0 Å². The van der Waals surface area contributed by atoms with Gasteiger partial charge in [0.25, 0.3) is 5.91 Å². The summed E-state index contributed by atoms with van der Waals surface area (Å²) in [4.78, 5) is 33.4. The normalized spacial score (nSPS) is 11.3. The maximum absolute atomic E-state index is 12.8. The lowest BCUT2D eigenvalue weighted by molar-refractivity contribution is -0.200. The van der Waals surface area contributed by atoms with Gasteiger partial charge in [-0.1, -0.05) is 35.0 Å². The third-order valence-corrected chi connectivity index (χ3v) is 4.17. The second-order valence-electron chi connectivity index (χ2n) is 6.29. The van der Waals surface area contributed by atoms with Crippen molar-refractivity contribution in [2.24, 2.45) is 10.9 Å². The van der Waals surface area contributed by atoms with E-state index in [0.29, 0.717) is 16.3 Å². The molecule has 1 aromatic heterocycles. The SMILES string of the molecule is NCc1ccc(C(=O)N(OC(=O)C(F)(F)F)c2nonc2/C=N\ONc2cccc(Cl)c2)cc1. The molecule has 0 atom stereocenters. The quantitative estimate of drug-likeness (QED) is 0.370. The maximum Gasteiger partial charge on any atom is 0.493 e. The minimum absolute atomic E-state index is 0.0183. The highest BCUT2D eigenvalue weighted by molar-refractivity contribution is 6.30. The molecule has 0 radical (unpaired) electrons. The third-order valence-electron chi connectivity index (χ3n) is 3.93. The number of carbonyl (C=O) groups is 2. The molecule has 0 saturated carbocycles. The summed E-state index contributed by atoms with van der Waals surface area (Å²) >= 11 is 5.84. The van der Waals surface area contributed by atoms with E-state index in [9.17, 15) is 22.8 Å². The van der Waals surface area contributed by atoms with Crippen molar-refractivity contribution in [3.8, 4) is 0 Å². The third kappa shape index (κ3) is 6.20. The van der Waals surface area contributed by atoms with Crippen molar-refractivity contribution in [2.45, 2.75) is 12.7 Å². The number of nitrogens with two attached hydrogens (primary N) is 1. The van der Waals surface area contributed by atoms with Crippen LogP contribution in [0.1, 0.15) is 21.6 Å². The number of anilines is 2. The number of carbonyl (C=O) groups excluding carboxylic acids is 2. The molecular weight excluding hydrogens is 485 g/mol. The maximum atomic E-state index is 12.8. The first kappa shape index (κ1) is 24.5. The zero-order valence-corrected chi connectivity index (χ0v) is 17.6. The molecule has 15 heteroatoms. The summed E-state index contributed by atoms with van der Waals surface area (Å²) in [5, 5.41) is 10.7. The van der Waals surface area contributed by atoms with Crippen LogP contribution < -0.4 is 16.3 Å². The van der Waals surface area contributed by atoms with Gasteiger partial charge in [-0.2, -0.15) is 18.7 Å². The van der Waals surface area contributed by atoms with Crippen LogP contribution in [0.4, 0.5) is 24.7 Å².